The number of benzene rings is 1. The van der Waals surface area contributed by atoms with Crippen LogP contribution in [0.4, 0.5) is 0 Å². The number of hydrogen-bond acceptors (Lipinski definition) is 1. The molecule has 0 spiro atoms. The van der Waals surface area contributed by atoms with Gasteiger partial charge in [-0.1, -0.05) is 6.07 Å². The second-order valence-corrected chi connectivity index (χ2v) is 4.40. The molecular formula is C16H15NO. The van der Waals surface area contributed by atoms with Crippen molar-refractivity contribution < 1.29 is 4.74 Å². The summed E-state index contributed by atoms with van der Waals surface area (Å²) >= 11 is 0. The van der Waals surface area contributed by atoms with Crippen LogP contribution in [0.3, 0.4) is 0 Å². The van der Waals surface area contributed by atoms with Crippen LogP contribution in [-0.2, 0) is 0 Å². The number of ether oxygens (including phenoxy) is 1. The summed E-state index contributed by atoms with van der Waals surface area (Å²) in [4.78, 5) is 0. The molecule has 0 atom stereocenters. The van der Waals surface area contributed by atoms with Crippen molar-refractivity contribution in [3.63, 3.8) is 0 Å². The van der Waals surface area contributed by atoms with E-state index in [9.17, 15) is 0 Å². The molecule has 0 saturated heterocycles. The molecule has 90 valence electrons. The summed E-state index contributed by atoms with van der Waals surface area (Å²) in [6.45, 7) is 2.15. The van der Waals surface area contributed by atoms with E-state index >= 15 is 0 Å². The van der Waals surface area contributed by atoms with Crippen molar-refractivity contribution in [1.29, 1.82) is 0 Å². The fraction of sp³-hybridized carbons (Fsp3) is 0.125. The zero-order valence-corrected chi connectivity index (χ0v) is 10.6. The summed E-state index contributed by atoms with van der Waals surface area (Å²) in [5, 5.41) is 0. The van der Waals surface area contributed by atoms with Crippen LogP contribution in [0.2, 0.25) is 0 Å². The van der Waals surface area contributed by atoms with Crippen LogP contribution in [0.1, 0.15) is 5.56 Å². The van der Waals surface area contributed by atoms with Gasteiger partial charge in [0.15, 0.2) is 0 Å². The Morgan fingerprint density at radius 1 is 1.00 bits per heavy atom. The van der Waals surface area contributed by atoms with Crippen LogP contribution in [0.25, 0.3) is 16.8 Å². The zero-order valence-electron chi connectivity index (χ0n) is 10.6. The number of rotatable bonds is 2. The predicted octanol–water partition coefficient (Wildman–Crippen LogP) is 3.92. The largest absolute Gasteiger partial charge is 0.497 e. The highest BCUT2D eigenvalue weighted by molar-refractivity contribution is 5.71. The topological polar surface area (TPSA) is 13.6 Å². The van der Waals surface area contributed by atoms with E-state index in [1.807, 2.05) is 12.1 Å². The van der Waals surface area contributed by atoms with Gasteiger partial charge >= 0.3 is 0 Å². The quantitative estimate of drug-likeness (QED) is 0.658. The lowest BCUT2D eigenvalue weighted by Crippen LogP contribution is -1.89. The lowest BCUT2D eigenvalue weighted by atomic mass is 10.1. The lowest BCUT2D eigenvalue weighted by Gasteiger charge is -2.06. The van der Waals surface area contributed by atoms with Crippen LogP contribution in [-0.4, -0.2) is 11.5 Å². The molecule has 0 radical (unpaired) electrons. The van der Waals surface area contributed by atoms with Crippen molar-refractivity contribution in [2.75, 3.05) is 7.11 Å². The Hall–Kier alpha value is -2.22. The van der Waals surface area contributed by atoms with Crippen LogP contribution >= 0.6 is 0 Å². The van der Waals surface area contributed by atoms with E-state index in [0.717, 1.165) is 5.75 Å². The summed E-state index contributed by atoms with van der Waals surface area (Å²) in [5.41, 5.74) is 4.96. The third-order valence-corrected chi connectivity index (χ3v) is 3.23. The molecule has 0 N–H and O–H groups in total. The van der Waals surface area contributed by atoms with Crippen molar-refractivity contribution in [3.8, 4) is 17.0 Å². The first-order valence-corrected chi connectivity index (χ1v) is 6.01. The highest BCUT2D eigenvalue weighted by Gasteiger charge is 2.08. The van der Waals surface area contributed by atoms with Crippen molar-refractivity contribution in [2.45, 2.75) is 6.92 Å². The molecule has 0 bridgehead atoms. The SMILES string of the molecule is COc1ccc(-c2c(C)cc3ccccn23)cc1. The first-order valence-electron chi connectivity index (χ1n) is 6.01. The summed E-state index contributed by atoms with van der Waals surface area (Å²) in [7, 11) is 1.69. The fourth-order valence-electron chi connectivity index (χ4n) is 2.37. The predicted molar refractivity (Wildman–Crippen MR) is 74.1 cm³/mol. The average molecular weight is 237 g/mol. The molecule has 2 heteroatoms. The van der Waals surface area contributed by atoms with E-state index in [-0.39, 0.29) is 0 Å². The maximum Gasteiger partial charge on any atom is 0.118 e. The molecule has 0 fully saturated rings. The molecule has 0 saturated carbocycles. The smallest absolute Gasteiger partial charge is 0.118 e. The third kappa shape index (κ3) is 1.66. The molecule has 3 aromatic rings. The first kappa shape index (κ1) is 10.9. The molecule has 0 amide bonds. The Labute approximate surface area is 106 Å². The molecule has 18 heavy (non-hydrogen) atoms. The summed E-state index contributed by atoms with van der Waals surface area (Å²) in [6.07, 6.45) is 2.10. The molecule has 3 rings (SSSR count). The van der Waals surface area contributed by atoms with Crippen molar-refractivity contribution in [3.05, 3.63) is 60.3 Å². The Balaban J connectivity index is 2.20. The molecule has 0 aliphatic heterocycles. The maximum absolute atomic E-state index is 5.20. The monoisotopic (exact) mass is 237 g/mol. The van der Waals surface area contributed by atoms with Gasteiger partial charge in [-0.2, -0.15) is 0 Å². The summed E-state index contributed by atoms with van der Waals surface area (Å²) in [6, 6.07) is 16.6. The highest BCUT2D eigenvalue weighted by atomic mass is 16.5. The van der Waals surface area contributed by atoms with Gasteiger partial charge in [0, 0.05) is 11.7 Å². The number of fused-ring (bicyclic) bond motifs is 1. The van der Waals surface area contributed by atoms with Crippen LogP contribution in [0, 0.1) is 6.92 Å². The second kappa shape index (κ2) is 4.22. The summed E-state index contributed by atoms with van der Waals surface area (Å²) in [5.74, 6) is 0.886. The van der Waals surface area contributed by atoms with Gasteiger partial charge in [0.25, 0.3) is 0 Å². The number of aryl methyl sites for hydroxylation is 1. The summed E-state index contributed by atoms with van der Waals surface area (Å²) < 4.78 is 7.42. The van der Waals surface area contributed by atoms with Gasteiger partial charge in [-0.25, -0.2) is 0 Å². The van der Waals surface area contributed by atoms with Crippen molar-refractivity contribution >= 4 is 5.52 Å². The molecular weight excluding hydrogens is 222 g/mol. The standard InChI is InChI=1S/C16H15NO/c1-12-11-14-5-3-4-10-17(14)16(12)13-6-8-15(18-2)9-7-13/h3-11H,1-2H3. The van der Waals surface area contributed by atoms with Gasteiger partial charge in [-0.15, -0.1) is 0 Å². The van der Waals surface area contributed by atoms with E-state index in [0.29, 0.717) is 0 Å². The lowest BCUT2D eigenvalue weighted by molar-refractivity contribution is 0.415. The van der Waals surface area contributed by atoms with Gasteiger partial charge in [-0.05, 0) is 60.5 Å². The number of nitrogens with zero attached hydrogens (tertiary/aromatic N) is 1. The molecule has 0 unspecified atom stereocenters. The van der Waals surface area contributed by atoms with Gasteiger partial charge in [0.1, 0.15) is 5.75 Å². The van der Waals surface area contributed by atoms with Crippen LogP contribution in [0.5, 0.6) is 5.75 Å². The average Bonchev–Trinajstić information content (AvgIpc) is 2.75. The molecule has 1 aromatic carbocycles. The first-order chi connectivity index (χ1) is 8.79. The zero-order chi connectivity index (χ0) is 12.5. The fourth-order valence-corrected chi connectivity index (χ4v) is 2.37. The van der Waals surface area contributed by atoms with Gasteiger partial charge in [0.2, 0.25) is 0 Å². The second-order valence-electron chi connectivity index (χ2n) is 4.40. The van der Waals surface area contributed by atoms with E-state index in [1.165, 1.54) is 22.3 Å². The number of pyridine rings is 1. The molecule has 0 aliphatic carbocycles. The minimum absolute atomic E-state index is 0.886. The Bertz CT molecular complexity index is 680. The number of aromatic nitrogens is 1. The number of hydrogen-bond donors (Lipinski definition) is 0. The van der Waals surface area contributed by atoms with Crippen LogP contribution < -0.4 is 4.74 Å². The Morgan fingerprint density at radius 2 is 1.78 bits per heavy atom. The van der Waals surface area contributed by atoms with Crippen molar-refractivity contribution in [2.24, 2.45) is 0 Å². The molecule has 2 nitrogen and oxygen atoms in total. The van der Waals surface area contributed by atoms with E-state index < -0.39 is 0 Å². The van der Waals surface area contributed by atoms with Crippen molar-refractivity contribution in [1.82, 2.24) is 4.40 Å². The van der Waals surface area contributed by atoms with Crippen LogP contribution in [0.15, 0.2) is 54.7 Å². The molecule has 2 aromatic heterocycles. The van der Waals surface area contributed by atoms with Gasteiger partial charge in [0.05, 0.1) is 12.8 Å². The Morgan fingerprint density at radius 3 is 2.50 bits per heavy atom. The minimum Gasteiger partial charge on any atom is -0.497 e. The highest BCUT2D eigenvalue weighted by Crippen LogP contribution is 2.28. The van der Waals surface area contributed by atoms with E-state index in [2.05, 4.69) is 53.9 Å². The maximum atomic E-state index is 5.20. The minimum atomic E-state index is 0.886. The van der Waals surface area contributed by atoms with E-state index in [1.54, 1.807) is 7.11 Å². The number of methoxy groups -OCH3 is 1. The molecule has 0 aliphatic rings. The van der Waals surface area contributed by atoms with Gasteiger partial charge in [-0.3, -0.25) is 0 Å². The third-order valence-electron chi connectivity index (χ3n) is 3.23. The van der Waals surface area contributed by atoms with E-state index in [4.69, 9.17) is 4.74 Å². The normalized spacial score (nSPS) is 10.8. The molecule has 2 heterocycles. The van der Waals surface area contributed by atoms with Gasteiger partial charge < -0.3 is 9.14 Å². The Kier molecular flexibility index (Phi) is 2.56.